The fraction of sp³-hybridized carbons (Fsp3) is 0.700. The second-order valence-electron chi connectivity index (χ2n) is 3.88. The van der Waals surface area contributed by atoms with Crippen molar-refractivity contribution in [1.82, 2.24) is 14.9 Å². The summed E-state index contributed by atoms with van der Waals surface area (Å²) in [5.74, 6) is 0. The topological polar surface area (TPSA) is 39.1 Å². The second kappa shape index (κ2) is 4.11. The molecule has 0 saturated carbocycles. The molecule has 0 amide bonds. The third-order valence-electron chi connectivity index (χ3n) is 2.51. The van der Waals surface area contributed by atoms with Crippen LogP contribution in [0, 0.1) is 0 Å². The van der Waals surface area contributed by atoms with Gasteiger partial charge in [0.1, 0.15) is 6.10 Å². The summed E-state index contributed by atoms with van der Waals surface area (Å²) in [6.07, 6.45) is 3.93. The molecule has 1 saturated heterocycles. The van der Waals surface area contributed by atoms with Crippen LogP contribution in [0.15, 0.2) is 12.5 Å². The van der Waals surface area contributed by atoms with Gasteiger partial charge in [0.15, 0.2) is 0 Å². The molecule has 1 N–H and O–H groups in total. The van der Waals surface area contributed by atoms with Gasteiger partial charge in [-0.1, -0.05) is 0 Å². The molecule has 0 spiro atoms. The van der Waals surface area contributed by atoms with Crippen molar-refractivity contribution in [2.45, 2.75) is 26.0 Å². The summed E-state index contributed by atoms with van der Waals surface area (Å²) in [4.78, 5) is 4.17. The predicted molar refractivity (Wildman–Crippen MR) is 54.2 cm³/mol. The van der Waals surface area contributed by atoms with Crippen molar-refractivity contribution in [1.29, 1.82) is 0 Å². The average molecular weight is 195 g/mol. The first-order valence-corrected chi connectivity index (χ1v) is 5.13. The first kappa shape index (κ1) is 9.68. The van der Waals surface area contributed by atoms with Crippen LogP contribution >= 0.6 is 0 Å². The molecule has 2 rings (SSSR count). The van der Waals surface area contributed by atoms with E-state index in [0.29, 0.717) is 6.04 Å². The highest BCUT2D eigenvalue weighted by Crippen LogP contribution is 2.21. The third kappa shape index (κ3) is 1.81. The molecule has 1 aromatic heterocycles. The van der Waals surface area contributed by atoms with Crippen LogP contribution in [0.25, 0.3) is 0 Å². The van der Waals surface area contributed by atoms with Crippen LogP contribution in [0.3, 0.4) is 0 Å². The summed E-state index contributed by atoms with van der Waals surface area (Å²) < 4.78 is 7.85. The van der Waals surface area contributed by atoms with E-state index in [9.17, 15) is 0 Å². The zero-order valence-corrected chi connectivity index (χ0v) is 8.73. The van der Waals surface area contributed by atoms with Gasteiger partial charge in [0.25, 0.3) is 0 Å². The summed E-state index contributed by atoms with van der Waals surface area (Å²) >= 11 is 0. The van der Waals surface area contributed by atoms with E-state index in [1.165, 1.54) is 5.69 Å². The maximum atomic E-state index is 5.69. The third-order valence-corrected chi connectivity index (χ3v) is 2.51. The molecule has 1 fully saturated rings. The Bertz CT molecular complexity index is 289. The van der Waals surface area contributed by atoms with Crippen molar-refractivity contribution in [2.24, 2.45) is 0 Å². The largest absolute Gasteiger partial charge is 0.369 e. The smallest absolute Gasteiger partial charge is 0.111 e. The maximum Gasteiger partial charge on any atom is 0.111 e. The highest BCUT2D eigenvalue weighted by atomic mass is 16.5. The number of aromatic nitrogens is 2. The van der Waals surface area contributed by atoms with Gasteiger partial charge in [0.2, 0.25) is 0 Å². The van der Waals surface area contributed by atoms with Gasteiger partial charge >= 0.3 is 0 Å². The molecule has 1 aliphatic rings. The molecule has 0 bridgehead atoms. The lowest BCUT2D eigenvalue weighted by Crippen LogP contribution is -2.34. The highest BCUT2D eigenvalue weighted by molar-refractivity contribution is 5.05. The second-order valence-corrected chi connectivity index (χ2v) is 3.88. The van der Waals surface area contributed by atoms with Crippen LogP contribution in [0.4, 0.5) is 0 Å². The number of rotatable bonds is 2. The molecule has 0 aromatic carbocycles. The molecule has 0 radical (unpaired) electrons. The minimum atomic E-state index is 0.161. The van der Waals surface area contributed by atoms with E-state index in [-0.39, 0.29) is 6.10 Å². The highest BCUT2D eigenvalue weighted by Gasteiger charge is 2.19. The zero-order chi connectivity index (χ0) is 9.97. The molecule has 1 aromatic rings. The van der Waals surface area contributed by atoms with Gasteiger partial charge in [-0.2, -0.15) is 0 Å². The maximum absolute atomic E-state index is 5.69. The van der Waals surface area contributed by atoms with E-state index in [2.05, 4.69) is 28.7 Å². The minimum absolute atomic E-state index is 0.161. The molecule has 1 unspecified atom stereocenters. The average Bonchev–Trinajstić information content (AvgIpc) is 2.67. The van der Waals surface area contributed by atoms with Crippen molar-refractivity contribution in [3.8, 4) is 0 Å². The quantitative estimate of drug-likeness (QED) is 0.768. The molecule has 0 aliphatic carbocycles. The molecular weight excluding hydrogens is 178 g/mol. The number of nitrogens with zero attached hydrogens (tertiary/aromatic N) is 2. The number of hydrogen-bond acceptors (Lipinski definition) is 3. The Morgan fingerprint density at radius 3 is 3.14 bits per heavy atom. The van der Waals surface area contributed by atoms with Gasteiger partial charge in [-0.15, -0.1) is 0 Å². The summed E-state index contributed by atoms with van der Waals surface area (Å²) in [5, 5.41) is 3.32. The summed E-state index contributed by atoms with van der Waals surface area (Å²) in [6, 6.07) is 0.443. The number of nitrogens with one attached hydrogen (secondary N) is 1. The number of hydrogen-bond donors (Lipinski definition) is 1. The van der Waals surface area contributed by atoms with Gasteiger partial charge in [-0.05, 0) is 13.8 Å². The lowest BCUT2D eigenvalue weighted by Gasteiger charge is -2.25. The fourth-order valence-corrected chi connectivity index (χ4v) is 1.75. The monoisotopic (exact) mass is 195 g/mol. The van der Waals surface area contributed by atoms with Gasteiger partial charge in [0.05, 0.1) is 24.8 Å². The summed E-state index contributed by atoms with van der Waals surface area (Å²) in [7, 11) is 0. The van der Waals surface area contributed by atoms with Crippen LogP contribution in [-0.2, 0) is 4.74 Å². The standard InChI is InChI=1S/C10H17N3O/c1-8(2)13-7-12-5-9(13)10-6-11-3-4-14-10/h5,7-8,10-11H,3-4,6H2,1-2H3. The van der Waals surface area contributed by atoms with Gasteiger partial charge in [0, 0.05) is 19.1 Å². The molecular formula is C10H17N3O. The first-order valence-electron chi connectivity index (χ1n) is 5.13. The van der Waals surface area contributed by atoms with Crippen molar-refractivity contribution in [3.05, 3.63) is 18.2 Å². The summed E-state index contributed by atoms with van der Waals surface area (Å²) in [6.45, 7) is 6.93. The van der Waals surface area contributed by atoms with E-state index < -0.39 is 0 Å². The lowest BCUT2D eigenvalue weighted by atomic mass is 10.2. The summed E-state index contributed by atoms with van der Waals surface area (Å²) in [5.41, 5.74) is 1.17. The van der Waals surface area contributed by atoms with E-state index in [1.807, 2.05) is 12.5 Å². The first-order chi connectivity index (χ1) is 6.79. The Labute approximate surface area is 84.3 Å². The molecule has 2 heterocycles. The molecule has 4 heteroatoms. The number of ether oxygens (including phenoxy) is 1. The van der Waals surface area contributed by atoms with Crippen molar-refractivity contribution >= 4 is 0 Å². The van der Waals surface area contributed by atoms with Crippen LogP contribution in [0.5, 0.6) is 0 Å². The molecule has 1 aliphatic heterocycles. The van der Waals surface area contributed by atoms with Crippen LogP contribution < -0.4 is 5.32 Å². The van der Waals surface area contributed by atoms with Crippen LogP contribution in [-0.4, -0.2) is 29.2 Å². The fourth-order valence-electron chi connectivity index (χ4n) is 1.75. The van der Waals surface area contributed by atoms with Gasteiger partial charge in [-0.3, -0.25) is 0 Å². The normalized spacial score (nSPS) is 22.9. The molecule has 14 heavy (non-hydrogen) atoms. The van der Waals surface area contributed by atoms with E-state index in [1.54, 1.807) is 0 Å². The van der Waals surface area contributed by atoms with Crippen molar-refractivity contribution in [3.63, 3.8) is 0 Å². The SMILES string of the molecule is CC(C)n1cncc1C1CNCCO1. The molecule has 78 valence electrons. The van der Waals surface area contributed by atoms with E-state index >= 15 is 0 Å². The van der Waals surface area contributed by atoms with Crippen molar-refractivity contribution < 1.29 is 4.74 Å². The number of morpholine rings is 1. The Kier molecular flexibility index (Phi) is 2.84. The van der Waals surface area contributed by atoms with Crippen LogP contribution in [0.2, 0.25) is 0 Å². The van der Waals surface area contributed by atoms with E-state index in [4.69, 9.17) is 4.74 Å². The molecule has 4 nitrogen and oxygen atoms in total. The predicted octanol–water partition coefficient (Wildman–Crippen LogP) is 1.12. The zero-order valence-electron chi connectivity index (χ0n) is 8.73. The van der Waals surface area contributed by atoms with Gasteiger partial charge < -0.3 is 14.6 Å². The minimum Gasteiger partial charge on any atom is -0.369 e. The van der Waals surface area contributed by atoms with Crippen LogP contribution in [0.1, 0.15) is 31.7 Å². The number of imidazole rings is 1. The lowest BCUT2D eigenvalue weighted by molar-refractivity contribution is 0.0222. The van der Waals surface area contributed by atoms with Crippen molar-refractivity contribution in [2.75, 3.05) is 19.7 Å². The van der Waals surface area contributed by atoms with E-state index in [0.717, 1.165) is 19.7 Å². The Morgan fingerprint density at radius 2 is 2.50 bits per heavy atom. The Hall–Kier alpha value is -0.870. The van der Waals surface area contributed by atoms with Gasteiger partial charge in [-0.25, -0.2) is 4.98 Å². The Balaban J connectivity index is 2.17. The molecule has 1 atom stereocenters. The Morgan fingerprint density at radius 1 is 1.64 bits per heavy atom.